The molecule has 11 rings (SSSR count). The lowest BCUT2D eigenvalue weighted by molar-refractivity contribution is -0.136. The minimum absolute atomic E-state index is 0.121. The van der Waals surface area contributed by atoms with Crippen molar-refractivity contribution in [1.82, 2.24) is 49.6 Å². The van der Waals surface area contributed by atoms with Crippen LogP contribution in [0.4, 0.5) is 10.6 Å². The second kappa shape index (κ2) is 18.9. The third-order valence-corrected chi connectivity index (χ3v) is 15.7. The van der Waals surface area contributed by atoms with E-state index in [4.69, 9.17) is 20.6 Å². The molecule has 16 nitrogen and oxygen atoms in total. The number of ether oxygens (including phenoxy) is 1. The molecule has 16 heteroatoms. The molecule has 0 bridgehead atoms. The molecular weight excluding hydrogens is 859 g/mol. The first-order chi connectivity index (χ1) is 33.2. The first-order valence-corrected chi connectivity index (χ1v) is 24.8. The number of rotatable bonds is 9. The molecule has 68 heavy (non-hydrogen) atoms. The van der Waals surface area contributed by atoms with Crippen molar-refractivity contribution in [2.45, 2.75) is 94.8 Å². The Morgan fingerprint density at radius 1 is 0.765 bits per heavy atom. The van der Waals surface area contributed by atoms with E-state index >= 15 is 0 Å². The third kappa shape index (κ3) is 8.91. The van der Waals surface area contributed by atoms with Gasteiger partial charge >= 0.3 is 6.03 Å². The lowest BCUT2D eigenvalue weighted by Crippen LogP contribution is -2.53. The van der Waals surface area contributed by atoms with Gasteiger partial charge in [-0.15, -0.1) is 0 Å². The summed E-state index contributed by atoms with van der Waals surface area (Å²) < 4.78 is 8.12. The van der Waals surface area contributed by atoms with Crippen LogP contribution in [0.3, 0.4) is 0 Å². The number of urea groups is 1. The van der Waals surface area contributed by atoms with Crippen LogP contribution in [0, 0.1) is 5.92 Å². The average Bonchev–Trinajstić information content (AvgIpc) is 3.93. The fourth-order valence-corrected chi connectivity index (χ4v) is 11.9. The highest BCUT2D eigenvalue weighted by atomic mass is 16.5. The molecule has 0 spiro atoms. The van der Waals surface area contributed by atoms with Crippen LogP contribution in [0.5, 0.6) is 11.5 Å². The van der Waals surface area contributed by atoms with Crippen LogP contribution < -0.4 is 15.8 Å². The number of nitrogen functional groups attached to an aromatic ring is 1. The molecule has 0 saturated carbocycles. The number of hydrogen-bond donors (Lipinski definition) is 2. The topological polar surface area (TPSA) is 175 Å². The first-order valence-electron chi connectivity index (χ1n) is 24.8. The lowest BCUT2D eigenvalue weighted by Gasteiger charge is -2.44. The number of nitrogens with one attached hydrogen (secondary N) is 1. The van der Waals surface area contributed by atoms with E-state index in [1.54, 1.807) is 4.90 Å². The lowest BCUT2D eigenvalue weighted by atomic mass is 9.87. The molecule has 3 aromatic carbocycles. The van der Waals surface area contributed by atoms with E-state index in [9.17, 15) is 19.2 Å². The van der Waals surface area contributed by atoms with Gasteiger partial charge in [0.1, 0.15) is 35.4 Å². The second-order valence-electron chi connectivity index (χ2n) is 19.8. The molecule has 3 N–H and O–H groups in total. The molecule has 2 aromatic heterocycles. The zero-order valence-corrected chi connectivity index (χ0v) is 38.7. The van der Waals surface area contributed by atoms with Crippen molar-refractivity contribution in [2.24, 2.45) is 5.92 Å². The summed E-state index contributed by atoms with van der Waals surface area (Å²) in [6.07, 6.45) is 10.4. The standard InChI is InChI=1S/C52H61N11O5/c53-48-46-47(36-8-11-42(12-9-36)68-41-6-2-1-3-7-41)57-63(49(46)55-33-54-48)40-5-4-22-61(32-40)39-20-27-60(28-21-39)52(67)59-25-16-34(17-26-59)30-58-23-18-35(19-24-58)37-10-13-43-38(29-37)31-62(51(43)66)44-14-15-45(64)56-50(44)65/h1-3,6-13,29,33-35,39-40,44H,4-5,14-28,30-32H2,(H2,53,54,55)(H,56,64,65). The van der Waals surface area contributed by atoms with Crippen molar-refractivity contribution in [3.63, 3.8) is 0 Å². The van der Waals surface area contributed by atoms with Crippen LogP contribution in [0.2, 0.25) is 0 Å². The Morgan fingerprint density at radius 3 is 2.25 bits per heavy atom. The Bertz CT molecular complexity index is 2670. The smallest absolute Gasteiger partial charge is 0.319 e. The normalized spacial score (nSPS) is 22.8. The van der Waals surface area contributed by atoms with E-state index in [2.05, 4.69) is 46.7 Å². The molecule has 2 atom stereocenters. The maximum absolute atomic E-state index is 13.9. The van der Waals surface area contributed by atoms with Crippen LogP contribution in [0.15, 0.2) is 79.1 Å². The van der Waals surface area contributed by atoms with Gasteiger partial charge in [0.05, 0.1) is 11.4 Å². The number of carbonyl (C=O) groups is 4. The number of carbonyl (C=O) groups excluding carboxylic acids is 4. The summed E-state index contributed by atoms with van der Waals surface area (Å²) in [5, 5.41) is 8.35. The number of nitrogens with two attached hydrogens (primary N) is 1. The molecule has 0 radical (unpaired) electrons. The van der Waals surface area contributed by atoms with E-state index in [1.807, 2.05) is 60.7 Å². The predicted octanol–water partition coefficient (Wildman–Crippen LogP) is 6.44. The minimum Gasteiger partial charge on any atom is -0.457 e. The molecular formula is C52H61N11O5. The van der Waals surface area contributed by atoms with E-state index in [0.29, 0.717) is 42.2 Å². The van der Waals surface area contributed by atoms with Gasteiger partial charge in [-0.1, -0.05) is 30.3 Å². The number of nitrogens with zero attached hydrogens (tertiary/aromatic N) is 9. The number of para-hydroxylation sites is 1. The SMILES string of the molecule is Nc1ncnc2c1c(-c1ccc(Oc3ccccc3)cc1)nn2C1CCCN(C2CCN(C(=O)N3CCC(CN4CCC(c5ccc6c(c5)CN(C5CCC(=O)NC5=O)C6=O)CC4)CC3)CC2)C1. The number of hydrogen-bond acceptors (Lipinski definition) is 11. The Kier molecular flexibility index (Phi) is 12.3. The molecule has 354 valence electrons. The van der Waals surface area contributed by atoms with Gasteiger partial charge in [-0.2, -0.15) is 5.10 Å². The molecule has 2 unspecified atom stereocenters. The van der Waals surface area contributed by atoms with Gasteiger partial charge < -0.3 is 30.1 Å². The molecule has 5 aromatic rings. The Morgan fingerprint density at radius 2 is 1.50 bits per heavy atom. The summed E-state index contributed by atoms with van der Waals surface area (Å²) in [5.41, 5.74) is 11.9. The highest BCUT2D eigenvalue weighted by Gasteiger charge is 2.40. The van der Waals surface area contributed by atoms with Crippen LogP contribution in [0.25, 0.3) is 22.3 Å². The van der Waals surface area contributed by atoms with Gasteiger partial charge in [0.15, 0.2) is 5.65 Å². The molecule has 5 fully saturated rings. The number of anilines is 1. The maximum Gasteiger partial charge on any atom is 0.319 e. The summed E-state index contributed by atoms with van der Waals surface area (Å²) in [5.74, 6) is 2.20. The summed E-state index contributed by atoms with van der Waals surface area (Å²) in [4.78, 5) is 71.4. The van der Waals surface area contributed by atoms with Crippen molar-refractivity contribution in [1.29, 1.82) is 0 Å². The third-order valence-electron chi connectivity index (χ3n) is 15.7. The van der Waals surface area contributed by atoms with Crippen molar-refractivity contribution in [3.05, 3.63) is 95.8 Å². The zero-order valence-electron chi connectivity index (χ0n) is 38.7. The van der Waals surface area contributed by atoms with Gasteiger partial charge in [0.2, 0.25) is 11.8 Å². The highest BCUT2D eigenvalue weighted by Crippen LogP contribution is 2.37. The fourth-order valence-electron chi connectivity index (χ4n) is 11.9. The monoisotopic (exact) mass is 919 g/mol. The van der Waals surface area contributed by atoms with E-state index < -0.39 is 6.04 Å². The predicted molar refractivity (Wildman–Crippen MR) is 257 cm³/mol. The number of likely N-dealkylation sites (tertiary alicyclic amines) is 4. The number of piperidine rings is 5. The van der Waals surface area contributed by atoms with Crippen LogP contribution in [0.1, 0.15) is 97.7 Å². The summed E-state index contributed by atoms with van der Waals surface area (Å²) >= 11 is 0. The van der Waals surface area contributed by atoms with Gasteiger partial charge in [-0.3, -0.25) is 24.6 Å². The summed E-state index contributed by atoms with van der Waals surface area (Å²) in [7, 11) is 0. The van der Waals surface area contributed by atoms with E-state index in [1.165, 1.54) is 11.9 Å². The average molecular weight is 920 g/mol. The summed E-state index contributed by atoms with van der Waals surface area (Å²) in [6.45, 7) is 8.67. The van der Waals surface area contributed by atoms with Gasteiger partial charge in [-0.05, 0) is 143 Å². The summed E-state index contributed by atoms with van der Waals surface area (Å²) in [6, 6.07) is 24.0. The van der Waals surface area contributed by atoms with E-state index in [0.717, 1.165) is 150 Å². The van der Waals surface area contributed by atoms with Gasteiger partial charge in [0, 0.05) is 69.4 Å². The van der Waals surface area contributed by atoms with Gasteiger partial charge in [0.25, 0.3) is 5.91 Å². The molecule has 0 aliphatic carbocycles. The number of amides is 5. The second-order valence-corrected chi connectivity index (χ2v) is 19.8. The molecule has 8 heterocycles. The number of benzene rings is 3. The van der Waals surface area contributed by atoms with Crippen molar-refractivity contribution >= 4 is 40.6 Å². The van der Waals surface area contributed by atoms with Crippen LogP contribution >= 0.6 is 0 Å². The van der Waals surface area contributed by atoms with Crippen molar-refractivity contribution in [2.75, 3.05) is 64.6 Å². The Hall–Kier alpha value is -6.39. The van der Waals surface area contributed by atoms with E-state index in [-0.39, 0.29) is 36.2 Å². The van der Waals surface area contributed by atoms with Gasteiger partial charge in [-0.25, -0.2) is 19.4 Å². The number of imide groups is 1. The Labute approximate surface area is 396 Å². The minimum atomic E-state index is -0.592. The van der Waals surface area contributed by atoms with Crippen molar-refractivity contribution < 1.29 is 23.9 Å². The zero-order chi connectivity index (χ0) is 46.3. The van der Waals surface area contributed by atoms with Crippen LogP contribution in [-0.2, 0) is 16.1 Å². The van der Waals surface area contributed by atoms with Crippen molar-refractivity contribution in [3.8, 4) is 22.8 Å². The molecule has 6 aliphatic rings. The largest absolute Gasteiger partial charge is 0.457 e. The molecule has 5 saturated heterocycles. The first kappa shape index (κ1) is 44.1. The molecule has 5 amide bonds. The molecule has 6 aliphatic heterocycles. The Balaban J connectivity index is 0.636. The fraction of sp³-hybridized carbons (Fsp3) is 0.481. The highest BCUT2D eigenvalue weighted by molar-refractivity contribution is 6.05. The number of aromatic nitrogens is 4. The maximum atomic E-state index is 13.9. The van der Waals surface area contributed by atoms with Crippen LogP contribution in [-0.4, -0.2) is 139 Å². The quantitative estimate of drug-likeness (QED) is 0.156. The number of fused-ring (bicyclic) bond motifs is 2.